The smallest absolute Gasteiger partial charge is 0.268 e. The van der Waals surface area contributed by atoms with Crippen LogP contribution in [0.2, 0.25) is 0 Å². The number of hydrogen-bond acceptors (Lipinski definition) is 8. The van der Waals surface area contributed by atoms with Gasteiger partial charge in [-0.25, -0.2) is 16.8 Å². The van der Waals surface area contributed by atoms with E-state index < -0.39 is 20.0 Å². The number of anilines is 2. The van der Waals surface area contributed by atoms with Crippen molar-refractivity contribution in [3.63, 3.8) is 0 Å². The Labute approximate surface area is 380 Å². The molecule has 0 saturated carbocycles. The lowest BCUT2D eigenvalue weighted by Crippen LogP contribution is -2.31. The molecule has 10 nitrogen and oxygen atoms in total. The van der Waals surface area contributed by atoms with Crippen molar-refractivity contribution in [2.45, 2.75) is 75.3 Å². The summed E-state index contributed by atoms with van der Waals surface area (Å²) < 4.78 is 85.2. The molecular weight excluding hydrogens is 845 g/mol. The Balaban J connectivity index is 1.06. The summed E-state index contributed by atoms with van der Waals surface area (Å²) in [6.07, 6.45) is 0. The molecule has 0 heterocycles. The fourth-order valence-electron chi connectivity index (χ4n) is 6.89. The third kappa shape index (κ3) is 12.5. The summed E-state index contributed by atoms with van der Waals surface area (Å²) in [4.78, 5) is 0.159. The molecule has 0 radical (unpaired) electrons. The third-order valence-corrected chi connectivity index (χ3v) is 14.1. The van der Waals surface area contributed by atoms with Crippen LogP contribution in [0, 0.1) is 0 Å². The lowest BCUT2D eigenvalue weighted by molar-refractivity contribution is 0.0268. The standard InChI is InChI=1S/C52H60N2O8S2/c1-51(2,3)43-27-29-47(49(37-43)63(55,56)53(45-23-15-9-16-24-45)39-41-19-11-7-12-20-41)61-35-33-59-31-32-60-34-36-62-48-30-28-44(52(4,5)6)38-50(48)64(57,58)54(46-25-17-10-18-26-46)40-42-21-13-8-14-22-42/h7-30,37-38H,31-36,39-40H2,1-6H3. The Hall–Kier alpha value is -5.66. The fraction of sp³-hybridized carbons (Fsp3) is 0.308. The minimum absolute atomic E-state index is 0.0796. The molecule has 0 spiro atoms. The molecule has 6 aromatic rings. The summed E-state index contributed by atoms with van der Waals surface area (Å²) in [7, 11) is -8.19. The van der Waals surface area contributed by atoms with Crippen LogP contribution < -0.4 is 18.1 Å². The molecule has 12 heteroatoms. The monoisotopic (exact) mass is 904 g/mol. The van der Waals surface area contributed by atoms with Gasteiger partial charge in [0.05, 0.1) is 50.9 Å². The van der Waals surface area contributed by atoms with Crippen molar-refractivity contribution in [1.29, 1.82) is 0 Å². The first-order chi connectivity index (χ1) is 30.5. The molecule has 6 aromatic carbocycles. The molecule has 0 bridgehead atoms. The van der Waals surface area contributed by atoms with E-state index in [0.717, 1.165) is 22.3 Å². The highest BCUT2D eigenvalue weighted by molar-refractivity contribution is 7.93. The number of nitrogens with zero attached hydrogens (tertiary/aromatic N) is 2. The summed E-state index contributed by atoms with van der Waals surface area (Å²) >= 11 is 0. The van der Waals surface area contributed by atoms with E-state index in [1.165, 1.54) is 8.61 Å². The zero-order valence-corrected chi connectivity index (χ0v) is 39.3. The van der Waals surface area contributed by atoms with Gasteiger partial charge in [-0.3, -0.25) is 8.61 Å². The molecule has 0 unspecified atom stereocenters. The lowest BCUT2D eigenvalue weighted by atomic mass is 9.87. The van der Waals surface area contributed by atoms with Crippen molar-refractivity contribution in [2.24, 2.45) is 0 Å². The van der Waals surface area contributed by atoms with E-state index in [1.54, 1.807) is 48.5 Å². The van der Waals surface area contributed by atoms with Crippen molar-refractivity contribution >= 4 is 31.4 Å². The molecule has 64 heavy (non-hydrogen) atoms. The van der Waals surface area contributed by atoms with Gasteiger partial charge >= 0.3 is 0 Å². The average molecular weight is 905 g/mol. The van der Waals surface area contributed by atoms with Crippen molar-refractivity contribution in [2.75, 3.05) is 48.3 Å². The van der Waals surface area contributed by atoms with Gasteiger partial charge in [-0.2, -0.15) is 0 Å². The van der Waals surface area contributed by atoms with Gasteiger partial charge in [-0.15, -0.1) is 0 Å². The number of hydrogen-bond donors (Lipinski definition) is 0. The maximum Gasteiger partial charge on any atom is 0.268 e. The SMILES string of the molecule is CC(C)(C)c1ccc(OCCOCCOCCOc2ccc(C(C)(C)C)cc2S(=O)(=O)N(Cc2ccccc2)c2ccccc2)c(S(=O)(=O)N(Cc2ccccc2)c2ccccc2)c1. The molecule has 0 N–H and O–H groups in total. The van der Waals surface area contributed by atoms with Gasteiger partial charge in [0, 0.05) is 0 Å². The van der Waals surface area contributed by atoms with Crippen molar-refractivity contribution in [3.8, 4) is 11.5 Å². The Morgan fingerprint density at radius 1 is 0.406 bits per heavy atom. The topological polar surface area (TPSA) is 112 Å². The predicted molar refractivity (Wildman–Crippen MR) is 255 cm³/mol. The number of rotatable bonds is 21. The van der Waals surface area contributed by atoms with Crippen LogP contribution in [-0.2, 0) is 53.4 Å². The molecule has 0 amide bonds. The molecule has 6 rings (SSSR count). The zero-order chi connectivity index (χ0) is 45.8. The van der Waals surface area contributed by atoms with Crippen molar-refractivity contribution < 1.29 is 35.8 Å². The third-order valence-electron chi connectivity index (χ3n) is 10.5. The number of benzene rings is 6. The first-order valence-electron chi connectivity index (χ1n) is 21.5. The molecule has 338 valence electrons. The van der Waals surface area contributed by atoms with Crippen LogP contribution in [0.3, 0.4) is 0 Å². The van der Waals surface area contributed by atoms with Crippen LogP contribution in [-0.4, -0.2) is 56.5 Å². The Bertz CT molecular complexity index is 2430. The Morgan fingerprint density at radius 2 is 0.719 bits per heavy atom. The van der Waals surface area contributed by atoms with Gasteiger partial charge in [0.1, 0.15) is 34.5 Å². The molecule has 0 aliphatic carbocycles. The van der Waals surface area contributed by atoms with E-state index in [9.17, 15) is 16.8 Å². The highest BCUT2D eigenvalue weighted by Crippen LogP contribution is 2.37. The summed E-state index contributed by atoms with van der Waals surface area (Å²) in [6, 6.07) is 47.8. The number of ether oxygens (including phenoxy) is 4. The predicted octanol–water partition coefficient (Wildman–Crippen LogP) is 10.6. The quantitative estimate of drug-likeness (QED) is 0.0657. The first-order valence-corrected chi connectivity index (χ1v) is 24.4. The molecule has 0 aliphatic heterocycles. The zero-order valence-electron chi connectivity index (χ0n) is 37.6. The van der Waals surface area contributed by atoms with Gasteiger partial charge < -0.3 is 18.9 Å². The van der Waals surface area contributed by atoms with Gasteiger partial charge in [0.15, 0.2) is 0 Å². The van der Waals surface area contributed by atoms with E-state index in [4.69, 9.17) is 18.9 Å². The second-order valence-corrected chi connectivity index (χ2v) is 21.1. The Morgan fingerprint density at radius 3 is 1.05 bits per heavy atom. The highest BCUT2D eigenvalue weighted by atomic mass is 32.2. The van der Waals surface area contributed by atoms with Gasteiger partial charge in [-0.05, 0) is 81.6 Å². The Kier molecular flexibility index (Phi) is 15.9. The van der Waals surface area contributed by atoms with Crippen LogP contribution in [0.5, 0.6) is 11.5 Å². The van der Waals surface area contributed by atoms with E-state index in [0.29, 0.717) is 11.4 Å². The second-order valence-electron chi connectivity index (χ2n) is 17.4. The van der Waals surface area contributed by atoms with Crippen molar-refractivity contribution in [3.05, 3.63) is 180 Å². The largest absolute Gasteiger partial charge is 0.490 e. The lowest BCUT2D eigenvalue weighted by Gasteiger charge is -2.27. The summed E-state index contributed by atoms with van der Waals surface area (Å²) in [6.45, 7) is 13.6. The minimum Gasteiger partial charge on any atom is -0.490 e. The van der Waals surface area contributed by atoms with Gasteiger partial charge in [0.2, 0.25) is 0 Å². The van der Waals surface area contributed by atoms with Crippen LogP contribution in [0.15, 0.2) is 168 Å². The first kappa shape index (κ1) is 47.8. The van der Waals surface area contributed by atoms with E-state index in [1.807, 2.05) is 151 Å². The van der Waals surface area contributed by atoms with E-state index >= 15 is 0 Å². The van der Waals surface area contributed by atoms with Crippen molar-refractivity contribution in [1.82, 2.24) is 0 Å². The molecule has 0 fully saturated rings. The van der Waals surface area contributed by atoms with Crippen LogP contribution in [0.1, 0.15) is 63.8 Å². The molecule has 0 aliphatic rings. The van der Waals surface area contributed by atoms with E-state index in [2.05, 4.69) is 0 Å². The van der Waals surface area contributed by atoms with Gasteiger partial charge in [-0.1, -0.05) is 151 Å². The second kappa shape index (κ2) is 21.3. The molecule has 0 saturated heterocycles. The number of para-hydroxylation sites is 2. The number of sulfonamides is 2. The average Bonchev–Trinajstić information content (AvgIpc) is 3.28. The van der Waals surface area contributed by atoms with Crippen LogP contribution >= 0.6 is 0 Å². The maximum atomic E-state index is 14.6. The molecule has 0 aromatic heterocycles. The summed E-state index contributed by atoms with van der Waals surface area (Å²) in [5.74, 6) is 0.478. The van der Waals surface area contributed by atoms with Crippen LogP contribution in [0.25, 0.3) is 0 Å². The van der Waals surface area contributed by atoms with E-state index in [-0.39, 0.29) is 84.9 Å². The summed E-state index contributed by atoms with van der Waals surface area (Å²) in [5, 5.41) is 0. The van der Waals surface area contributed by atoms with Gasteiger partial charge in [0.25, 0.3) is 20.0 Å². The van der Waals surface area contributed by atoms with Crippen LogP contribution in [0.4, 0.5) is 11.4 Å². The highest BCUT2D eigenvalue weighted by Gasteiger charge is 2.32. The fourth-order valence-corrected chi connectivity index (χ4v) is 10.1. The maximum absolute atomic E-state index is 14.6. The molecule has 0 atom stereocenters. The normalized spacial score (nSPS) is 12.2. The summed E-state index contributed by atoms with van der Waals surface area (Å²) in [5.41, 5.74) is 3.90. The molecular formula is C52H60N2O8S2. The minimum atomic E-state index is -4.10.